The summed E-state index contributed by atoms with van der Waals surface area (Å²) in [4.78, 5) is 13.2. The third-order valence-corrected chi connectivity index (χ3v) is 5.31. The fourth-order valence-corrected chi connectivity index (χ4v) is 3.88. The molecule has 152 valence electrons. The number of hydrogen-bond acceptors (Lipinski definition) is 3. The highest BCUT2D eigenvalue weighted by atomic mass is 35.5. The molecule has 2 aromatic carbocycles. The van der Waals surface area contributed by atoms with E-state index < -0.39 is 6.04 Å². The van der Waals surface area contributed by atoms with Gasteiger partial charge >= 0.3 is 0 Å². The van der Waals surface area contributed by atoms with Gasteiger partial charge in [-0.3, -0.25) is 9.48 Å². The summed E-state index contributed by atoms with van der Waals surface area (Å²) in [5.74, 6) is -0.498. The van der Waals surface area contributed by atoms with E-state index in [9.17, 15) is 9.18 Å². The lowest BCUT2D eigenvalue weighted by atomic mass is 9.89. The highest BCUT2D eigenvalue weighted by Gasteiger charge is 2.35. The van der Waals surface area contributed by atoms with Gasteiger partial charge in [0, 0.05) is 32.3 Å². The first-order valence-corrected chi connectivity index (χ1v) is 9.42. The molecule has 0 aliphatic carbocycles. The van der Waals surface area contributed by atoms with Crippen LogP contribution in [0.15, 0.2) is 67.0 Å². The number of halogens is 2. The van der Waals surface area contributed by atoms with Crippen molar-refractivity contribution in [3.63, 3.8) is 0 Å². The van der Waals surface area contributed by atoms with Crippen molar-refractivity contribution in [2.24, 2.45) is 13.0 Å². The molecule has 0 radical (unpaired) electrons. The quantitative estimate of drug-likeness (QED) is 0.674. The second-order valence-electron chi connectivity index (χ2n) is 7.23. The largest absolute Gasteiger partial charge is 0.345 e. The second kappa shape index (κ2) is 9.20. The SMILES string of the molecule is Cl.Cn1cc([C@H]2CNC[C@@H]2C(=O)NC(c2ccccc2)c2cccc(F)c2)cn1. The van der Waals surface area contributed by atoms with Gasteiger partial charge < -0.3 is 10.6 Å². The first kappa shape index (κ1) is 21.0. The first-order chi connectivity index (χ1) is 13.6. The zero-order valence-electron chi connectivity index (χ0n) is 16.1. The molecule has 7 heteroatoms. The first-order valence-electron chi connectivity index (χ1n) is 9.42. The minimum atomic E-state index is -0.403. The van der Waals surface area contributed by atoms with Crippen LogP contribution in [0.25, 0.3) is 0 Å². The van der Waals surface area contributed by atoms with Crippen LogP contribution in [0.2, 0.25) is 0 Å². The molecule has 0 saturated carbocycles. The number of rotatable bonds is 5. The smallest absolute Gasteiger partial charge is 0.225 e. The molecule has 0 bridgehead atoms. The van der Waals surface area contributed by atoms with Crippen molar-refractivity contribution in [1.29, 1.82) is 0 Å². The molecule has 2 N–H and O–H groups in total. The fraction of sp³-hybridized carbons (Fsp3) is 0.273. The number of carbonyl (C=O) groups is 1. The molecule has 1 aromatic heterocycles. The van der Waals surface area contributed by atoms with Crippen LogP contribution >= 0.6 is 12.4 Å². The number of aryl methyl sites for hydroxylation is 1. The van der Waals surface area contributed by atoms with Gasteiger partial charge in [0.2, 0.25) is 5.91 Å². The standard InChI is InChI=1S/C22H23FN4O.ClH/c1-27-14-17(11-25-27)19-12-24-13-20(19)22(28)26-21(15-6-3-2-4-7-15)16-8-5-9-18(23)10-16;/h2-11,14,19-21,24H,12-13H2,1H3,(H,26,28);1H/t19-,20+,21?;/m1./s1. The maximum Gasteiger partial charge on any atom is 0.225 e. The molecule has 1 unspecified atom stereocenters. The van der Waals surface area contributed by atoms with E-state index in [-0.39, 0.29) is 36.0 Å². The molecular formula is C22H24ClFN4O. The van der Waals surface area contributed by atoms with Crippen LogP contribution in [-0.4, -0.2) is 28.8 Å². The third kappa shape index (κ3) is 4.66. The van der Waals surface area contributed by atoms with E-state index in [4.69, 9.17) is 0 Å². The van der Waals surface area contributed by atoms with E-state index >= 15 is 0 Å². The van der Waals surface area contributed by atoms with Crippen LogP contribution in [-0.2, 0) is 11.8 Å². The number of amides is 1. The second-order valence-corrected chi connectivity index (χ2v) is 7.23. The van der Waals surface area contributed by atoms with Crippen molar-refractivity contribution in [3.8, 4) is 0 Å². The summed E-state index contributed by atoms with van der Waals surface area (Å²) in [5.41, 5.74) is 2.70. The summed E-state index contributed by atoms with van der Waals surface area (Å²) >= 11 is 0. The minimum Gasteiger partial charge on any atom is -0.345 e. The maximum absolute atomic E-state index is 13.8. The van der Waals surface area contributed by atoms with Gasteiger partial charge in [0.15, 0.2) is 0 Å². The highest BCUT2D eigenvalue weighted by molar-refractivity contribution is 5.85. The van der Waals surface area contributed by atoms with Crippen LogP contribution in [0.3, 0.4) is 0 Å². The number of benzene rings is 2. The van der Waals surface area contributed by atoms with Crippen LogP contribution in [0.1, 0.15) is 28.7 Å². The van der Waals surface area contributed by atoms with E-state index in [2.05, 4.69) is 15.7 Å². The predicted octanol–water partition coefficient (Wildman–Crippen LogP) is 3.19. The summed E-state index contributed by atoms with van der Waals surface area (Å²) in [7, 11) is 1.87. The summed E-state index contributed by atoms with van der Waals surface area (Å²) in [6, 6.07) is 15.6. The highest BCUT2D eigenvalue weighted by Crippen LogP contribution is 2.30. The Morgan fingerprint density at radius 2 is 1.93 bits per heavy atom. The van der Waals surface area contributed by atoms with Crippen LogP contribution < -0.4 is 10.6 Å². The van der Waals surface area contributed by atoms with Gasteiger partial charge in [-0.25, -0.2) is 4.39 Å². The number of carbonyl (C=O) groups excluding carboxylic acids is 1. The average Bonchev–Trinajstić information content (AvgIpc) is 3.35. The summed E-state index contributed by atoms with van der Waals surface area (Å²) in [6.45, 7) is 1.34. The van der Waals surface area contributed by atoms with Crippen molar-refractivity contribution in [1.82, 2.24) is 20.4 Å². The zero-order chi connectivity index (χ0) is 19.5. The molecule has 4 rings (SSSR count). The molecule has 1 aliphatic heterocycles. The maximum atomic E-state index is 13.8. The molecule has 3 aromatic rings. The number of nitrogens with zero attached hydrogens (tertiary/aromatic N) is 2. The van der Waals surface area contributed by atoms with E-state index in [1.165, 1.54) is 12.1 Å². The van der Waals surface area contributed by atoms with Crippen LogP contribution in [0.5, 0.6) is 0 Å². The lowest BCUT2D eigenvalue weighted by molar-refractivity contribution is -0.125. The minimum absolute atomic E-state index is 0. The lowest BCUT2D eigenvalue weighted by Gasteiger charge is -2.24. The molecule has 3 atom stereocenters. The molecule has 1 saturated heterocycles. The normalized spacial score (nSPS) is 19.4. The molecular weight excluding hydrogens is 391 g/mol. The van der Waals surface area contributed by atoms with Crippen molar-refractivity contribution < 1.29 is 9.18 Å². The number of aromatic nitrogens is 2. The summed E-state index contributed by atoms with van der Waals surface area (Å²) in [6.07, 6.45) is 3.78. The molecule has 2 heterocycles. The molecule has 29 heavy (non-hydrogen) atoms. The van der Waals surface area contributed by atoms with Crippen molar-refractivity contribution in [3.05, 3.63) is 89.5 Å². The van der Waals surface area contributed by atoms with E-state index in [0.717, 1.165) is 23.2 Å². The predicted molar refractivity (Wildman–Crippen MR) is 112 cm³/mol. The van der Waals surface area contributed by atoms with Crippen LogP contribution in [0.4, 0.5) is 4.39 Å². The third-order valence-electron chi connectivity index (χ3n) is 5.31. The number of nitrogens with one attached hydrogen (secondary N) is 2. The van der Waals surface area contributed by atoms with Crippen molar-refractivity contribution in [2.45, 2.75) is 12.0 Å². The van der Waals surface area contributed by atoms with Crippen molar-refractivity contribution >= 4 is 18.3 Å². The Morgan fingerprint density at radius 1 is 1.17 bits per heavy atom. The topological polar surface area (TPSA) is 59.0 Å². The Balaban J connectivity index is 0.00000240. The fourth-order valence-electron chi connectivity index (χ4n) is 3.88. The van der Waals surface area contributed by atoms with Gasteiger partial charge in [-0.15, -0.1) is 12.4 Å². The van der Waals surface area contributed by atoms with Gasteiger partial charge in [0.25, 0.3) is 0 Å². The van der Waals surface area contributed by atoms with Gasteiger partial charge in [-0.2, -0.15) is 5.10 Å². The molecule has 0 spiro atoms. The van der Waals surface area contributed by atoms with E-state index in [1.807, 2.05) is 55.8 Å². The monoisotopic (exact) mass is 414 g/mol. The van der Waals surface area contributed by atoms with E-state index in [0.29, 0.717) is 6.54 Å². The molecule has 1 amide bonds. The average molecular weight is 415 g/mol. The lowest BCUT2D eigenvalue weighted by Crippen LogP contribution is -2.37. The Bertz CT molecular complexity index is 962. The van der Waals surface area contributed by atoms with Gasteiger partial charge in [0.1, 0.15) is 5.82 Å². The Morgan fingerprint density at radius 3 is 2.62 bits per heavy atom. The van der Waals surface area contributed by atoms with Crippen LogP contribution in [0, 0.1) is 11.7 Å². The Kier molecular flexibility index (Phi) is 6.67. The molecule has 5 nitrogen and oxygen atoms in total. The molecule has 1 fully saturated rings. The van der Waals surface area contributed by atoms with Gasteiger partial charge in [-0.1, -0.05) is 42.5 Å². The number of hydrogen-bond donors (Lipinski definition) is 2. The Labute approximate surface area is 175 Å². The van der Waals surface area contributed by atoms with Gasteiger partial charge in [0.05, 0.1) is 18.2 Å². The summed E-state index contributed by atoms with van der Waals surface area (Å²) in [5, 5.41) is 10.7. The van der Waals surface area contributed by atoms with Gasteiger partial charge in [-0.05, 0) is 28.8 Å². The molecule has 1 aliphatic rings. The summed E-state index contributed by atoms with van der Waals surface area (Å²) < 4.78 is 15.6. The Hall–Kier alpha value is -2.70. The van der Waals surface area contributed by atoms with Crippen molar-refractivity contribution in [2.75, 3.05) is 13.1 Å². The zero-order valence-corrected chi connectivity index (χ0v) is 16.9. The van der Waals surface area contributed by atoms with E-state index in [1.54, 1.807) is 10.7 Å².